The first-order valence-corrected chi connectivity index (χ1v) is 15.8. The van der Waals surface area contributed by atoms with Crippen molar-refractivity contribution < 1.29 is 14.3 Å². The largest absolute Gasteiger partial charge is 0.456 e. The monoisotopic (exact) mass is 574 g/mol. The highest BCUT2D eigenvalue weighted by Gasteiger charge is 2.53. The van der Waals surface area contributed by atoms with Crippen molar-refractivity contribution in [1.29, 1.82) is 0 Å². The minimum atomic E-state index is -1.10. The third-order valence-electron chi connectivity index (χ3n) is 8.77. The highest BCUT2D eigenvalue weighted by atomic mass is 16.6. The van der Waals surface area contributed by atoms with E-state index in [-0.39, 0.29) is 5.97 Å². The van der Waals surface area contributed by atoms with E-state index < -0.39 is 5.60 Å². The molecule has 2 heterocycles. The molecule has 0 amide bonds. The molecule has 222 valence electrons. The number of ether oxygens (including phenoxy) is 2. The molecule has 0 fully saturated rings. The lowest BCUT2D eigenvalue weighted by atomic mass is 9.77. The van der Waals surface area contributed by atoms with Crippen LogP contribution in [0, 0.1) is 13.8 Å². The van der Waals surface area contributed by atoms with Crippen LogP contribution in [0.4, 0.5) is 17.1 Å². The topological polar surface area (TPSA) is 50.8 Å². The summed E-state index contributed by atoms with van der Waals surface area (Å²) in [4.78, 5) is 15.9. The van der Waals surface area contributed by atoms with Gasteiger partial charge in [-0.05, 0) is 80.3 Å². The van der Waals surface area contributed by atoms with Crippen molar-refractivity contribution in [3.05, 3.63) is 112 Å². The molecule has 0 radical (unpaired) electrons. The van der Waals surface area contributed by atoms with Crippen molar-refractivity contribution in [2.75, 3.05) is 23.3 Å². The highest BCUT2D eigenvalue weighted by molar-refractivity contribution is 5.97. The Bertz CT molecular complexity index is 1640. The molecule has 0 bridgehead atoms. The number of unbranched alkanes of at least 4 members (excludes halogenated alkanes) is 4. The van der Waals surface area contributed by atoms with Crippen molar-refractivity contribution >= 4 is 23.0 Å². The Balaban J connectivity index is 1.46. The molecule has 1 atom stereocenters. The number of nitrogens with zero attached hydrogens (tertiary/aromatic N) is 1. The molecular formula is C38H42N2O3. The molecule has 6 rings (SSSR count). The van der Waals surface area contributed by atoms with Gasteiger partial charge in [-0.2, -0.15) is 0 Å². The molecule has 0 aliphatic carbocycles. The molecule has 1 unspecified atom stereocenters. The molecule has 43 heavy (non-hydrogen) atoms. The number of esters is 1. The number of hydrogen-bond donors (Lipinski definition) is 1. The Labute approximate surface area is 255 Å². The van der Waals surface area contributed by atoms with E-state index in [1.165, 1.54) is 31.2 Å². The molecule has 1 spiro atoms. The first-order valence-electron chi connectivity index (χ1n) is 15.8. The van der Waals surface area contributed by atoms with E-state index in [4.69, 9.17) is 9.47 Å². The van der Waals surface area contributed by atoms with Gasteiger partial charge in [-0.25, -0.2) is 4.79 Å². The minimum Gasteiger partial charge on any atom is -0.456 e. The van der Waals surface area contributed by atoms with Gasteiger partial charge in [-0.1, -0.05) is 69.9 Å². The van der Waals surface area contributed by atoms with Gasteiger partial charge in [0.1, 0.15) is 11.5 Å². The lowest BCUT2D eigenvalue weighted by Crippen LogP contribution is -2.33. The van der Waals surface area contributed by atoms with Crippen LogP contribution in [0.3, 0.4) is 0 Å². The van der Waals surface area contributed by atoms with Crippen LogP contribution in [-0.2, 0) is 10.3 Å². The molecule has 1 N–H and O–H groups in total. The molecule has 5 heteroatoms. The SMILES string of the molecule is CCCCCCN(CCCC)c1ccc2c(c1)Oc1cc(C)c(Nc3cccc(C)c3)cc1C21OC(=O)c2ccccc21. The Morgan fingerprint density at radius 2 is 1.53 bits per heavy atom. The number of carbonyl (C=O) groups excluding carboxylic acids is 1. The summed E-state index contributed by atoms with van der Waals surface area (Å²) in [5, 5.41) is 3.60. The summed E-state index contributed by atoms with van der Waals surface area (Å²) in [5.74, 6) is 1.14. The number of fused-ring (bicyclic) bond motifs is 6. The minimum absolute atomic E-state index is 0.312. The fourth-order valence-electron chi connectivity index (χ4n) is 6.47. The normalized spacial score (nSPS) is 16.2. The van der Waals surface area contributed by atoms with E-state index in [2.05, 4.69) is 86.4 Å². The Kier molecular flexibility index (Phi) is 8.16. The van der Waals surface area contributed by atoms with Crippen LogP contribution in [-0.4, -0.2) is 19.1 Å². The van der Waals surface area contributed by atoms with Gasteiger partial charge in [0.25, 0.3) is 0 Å². The molecular weight excluding hydrogens is 532 g/mol. The van der Waals surface area contributed by atoms with Crippen molar-refractivity contribution in [3.8, 4) is 11.5 Å². The van der Waals surface area contributed by atoms with Crippen LogP contribution in [0.15, 0.2) is 78.9 Å². The van der Waals surface area contributed by atoms with Crippen molar-refractivity contribution in [2.45, 2.75) is 71.8 Å². The second-order valence-electron chi connectivity index (χ2n) is 12.0. The highest BCUT2D eigenvalue weighted by Crippen LogP contribution is 2.57. The number of rotatable bonds is 11. The number of hydrogen-bond acceptors (Lipinski definition) is 5. The lowest BCUT2D eigenvalue weighted by Gasteiger charge is -2.38. The van der Waals surface area contributed by atoms with Gasteiger partial charge in [-0.15, -0.1) is 0 Å². The standard InChI is InChI=1S/C38H42N2O3/c1-5-7-9-12-21-40(20-8-6-2)29-18-19-32-36(24-29)42-35-23-27(4)34(39-28-15-13-14-26(3)22-28)25-33(35)38(32)31-17-11-10-16-30(31)37(41)43-38/h10-11,13-19,22-25,39H,5-9,12,20-21H2,1-4H3. The molecule has 2 aliphatic heterocycles. The summed E-state index contributed by atoms with van der Waals surface area (Å²) in [5.41, 5.74) is 7.37. The number of aryl methyl sites for hydroxylation is 2. The van der Waals surface area contributed by atoms with E-state index in [0.29, 0.717) is 11.3 Å². The second kappa shape index (κ2) is 12.2. The van der Waals surface area contributed by atoms with Gasteiger partial charge in [0.05, 0.1) is 5.56 Å². The zero-order valence-corrected chi connectivity index (χ0v) is 25.8. The Morgan fingerprint density at radius 3 is 2.35 bits per heavy atom. The predicted molar refractivity (Wildman–Crippen MR) is 175 cm³/mol. The molecule has 4 aromatic carbocycles. The maximum atomic E-state index is 13.4. The molecule has 2 aliphatic rings. The van der Waals surface area contributed by atoms with Crippen LogP contribution in [0.25, 0.3) is 0 Å². The summed E-state index contributed by atoms with van der Waals surface area (Å²) in [7, 11) is 0. The first-order chi connectivity index (χ1) is 20.9. The van der Waals surface area contributed by atoms with Gasteiger partial charge in [0.2, 0.25) is 0 Å². The summed E-state index contributed by atoms with van der Waals surface area (Å²) in [6.45, 7) is 10.7. The van der Waals surface area contributed by atoms with E-state index in [0.717, 1.165) is 71.0 Å². The third-order valence-corrected chi connectivity index (χ3v) is 8.77. The summed E-state index contributed by atoms with van der Waals surface area (Å²) in [6.07, 6.45) is 7.18. The van der Waals surface area contributed by atoms with Crippen molar-refractivity contribution in [2.24, 2.45) is 0 Å². The average molecular weight is 575 g/mol. The van der Waals surface area contributed by atoms with E-state index in [1.54, 1.807) is 0 Å². The predicted octanol–water partition coefficient (Wildman–Crippen LogP) is 9.80. The fraction of sp³-hybridized carbons (Fsp3) is 0.342. The van der Waals surface area contributed by atoms with Crippen LogP contribution < -0.4 is 15.0 Å². The van der Waals surface area contributed by atoms with Gasteiger partial charge >= 0.3 is 5.97 Å². The Morgan fingerprint density at radius 1 is 0.744 bits per heavy atom. The van der Waals surface area contributed by atoms with Crippen molar-refractivity contribution in [1.82, 2.24) is 0 Å². The van der Waals surface area contributed by atoms with E-state index in [9.17, 15) is 4.79 Å². The molecule has 4 aromatic rings. The number of anilines is 3. The van der Waals surface area contributed by atoms with Gasteiger partial charge in [-0.3, -0.25) is 0 Å². The quantitative estimate of drug-likeness (QED) is 0.143. The van der Waals surface area contributed by atoms with Crippen LogP contribution in [0.2, 0.25) is 0 Å². The molecule has 0 saturated carbocycles. The zero-order valence-electron chi connectivity index (χ0n) is 25.8. The second-order valence-corrected chi connectivity index (χ2v) is 12.0. The van der Waals surface area contributed by atoms with Gasteiger partial charge < -0.3 is 19.7 Å². The maximum Gasteiger partial charge on any atom is 0.340 e. The van der Waals surface area contributed by atoms with Crippen LogP contribution >= 0.6 is 0 Å². The molecule has 0 aromatic heterocycles. The number of nitrogens with one attached hydrogen (secondary N) is 1. The summed E-state index contributed by atoms with van der Waals surface area (Å²) >= 11 is 0. The van der Waals surface area contributed by atoms with E-state index >= 15 is 0 Å². The van der Waals surface area contributed by atoms with Crippen molar-refractivity contribution in [3.63, 3.8) is 0 Å². The lowest BCUT2D eigenvalue weighted by molar-refractivity contribution is 0.0224. The fourth-order valence-corrected chi connectivity index (χ4v) is 6.47. The zero-order chi connectivity index (χ0) is 30.0. The maximum absolute atomic E-state index is 13.4. The number of benzene rings is 4. The molecule has 0 saturated heterocycles. The Hall–Kier alpha value is -4.25. The molecule has 5 nitrogen and oxygen atoms in total. The first kappa shape index (κ1) is 28.9. The van der Waals surface area contributed by atoms with Crippen LogP contribution in [0.5, 0.6) is 11.5 Å². The summed E-state index contributed by atoms with van der Waals surface area (Å²) in [6, 6.07) is 26.7. The average Bonchev–Trinajstić information content (AvgIpc) is 3.30. The van der Waals surface area contributed by atoms with Gasteiger partial charge in [0.15, 0.2) is 5.60 Å². The smallest absolute Gasteiger partial charge is 0.340 e. The number of carbonyl (C=O) groups is 1. The van der Waals surface area contributed by atoms with E-state index in [1.807, 2.05) is 30.3 Å². The van der Waals surface area contributed by atoms with Crippen LogP contribution in [0.1, 0.15) is 90.5 Å². The summed E-state index contributed by atoms with van der Waals surface area (Å²) < 4.78 is 13.2. The third kappa shape index (κ3) is 5.37. The van der Waals surface area contributed by atoms with Gasteiger partial charge in [0, 0.05) is 52.9 Å².